The van der Waals surface area contributed by atoms with Gasteiger partial charge in [0.2, 0.25) is 0 Å². The van der Waals surface area contributed by atoms with Gasteiger partial charge in [-0.05, 0) is 12.1 Å². The van der Waals surface area contributed by atoms with Gasteiger partial charge in [0.05, 0.1) is 0 Å². The van der Waals surface area contributed by atoms with Crippen LogP contribution < -0.4 is 10.5 Å². The Bertz CT molecular complexity index is 56.1. The van der Waals surface area contributed by atoms with Crippen LogP contribution in [0.5, 0.6) is 0 Å². The van der Waals surface area contributed by atoms with Gasteiger partial charge in [0.15, 0.2) is 0 Å². The second kappa shape index (κ2) is 4.83. The van der Waals surface area contributed by atoms with Crippen LogP contribution in [0.15, 0.2) is 0 Å². The van der Waals surface area contributed by atoms with Gasteiger partial charge in [-0.3, -0.25) is 0 Å². The highest BCUT2D eigenvalue weighted by molar-refractivity contribution is 6.28. The topological polar surface area (TPSA) is 24.1 Å². The van der Waals surface area contributed by atoms with Gasteiger partial charge < -0.3 is 10.5 Å². The highest BCUT2D eigenvalue weighted by atomic mass is 14.9. The van der Waals surface area contributed by atoms with E-state index in [0.717, 1.165) is 0 Å². The van der Waals surface area contributed by atoms with Crippen LogP contribution in [0.4, 0.5) is 0 Å². The molecule has 0 amide bonds. The summed E-state index contributed by atoms with van der Waals surface area (Å²) in [7, 11) is 1.90. The van der Waals surface area contributed by atoms with E-state index in [0.29, 0.717) is 12.1 Å². The fourth-order valence-electron chi connectivity index (χ4n) is 0.381. The van der Waals surface area contributed by atoms with Crippen molar-refractivity contribution in [1.29, 1.82) is 0 Å². The van der Waals surface area contributed by atoms with Crippen molar-refractivity contribution >= 4 is 7.55 Å². The summed E-state index contributed by atoms with van der Waals surface area (Å²) in [5.74, 6) is 0. The van der Waals surface area contributed by atoms with E-state index in [4.69, 9.17) is 0 Å². The third-order valence-electron chi connectivity index (χ3n) is 0.833. The number of rotatable bonds is 4. The van der Waals surface area contributed by atoms with Crippen molar-refractivity contribution in [3.63, 3.8) is 0 Å². The maximum Gasteiger partial charge on any atom is 0.307 e. The van der Waals surface area contributed by atoms with E-state index in [1.807, 2.05) is 7.55 Å². The van der Waals surface area contributed by atoms with E-state index in [-0.39, 0.29) is 0 Å². The minimum Gasteiger partial charge on any atom is -0.344 e. The first-order chi connectivity index (χ1) is 4.13. The maximum atomic E-state index is 3.14. The van der Waals surface area contributed by atoms with Gasteiger partial charge in [-0.25, -0.2) is 0 Å². The molecule has 2 N–H and O–H groups in total. The largest absolute Gasteiger partial charge is 0.344 e. The zero-order valence-electron chi connectivity index (χ0n) is 6.73. The maximum absolute atomic E-state index is 3.14. The molecular weight excluding hydrogens is 111 g/mol. The smallest absolute Gasteiger partial charge is 0.307 e. The molecule has 0 aromatic carbocycles. The van der Waals surface area contributed by atoms with Crippen LogP contribution in [0.2, 0.25) is 0 Å². The average molecular weight is 127 g/mol. The molecule has 0 unspecified atom stereocenters. The summed E-state index contributed by atoms with van der Waals surface area (Å²) in [4.78, 5) is 0. The summed E-state index contributed by atoms with van der Waals surface area (Å²) in [5, 5.41) is 6.28. The van der Waals surface area contributed by atoms with Gasteiger partial charge in [0.1, 0.15) is 0 Å². The van der Waals surface area contributed by atoms with Crippen molar-refractivity contribution < 1.29 is 0 Å². The van der Waals surface area contributed by atoms with Crippen molar-refractivity contribution in [3.8, 4) is 0 Å². The van der Waals surface area contributed by atoms with Gasteiger partial charge >= 0.3 is 7.55 Å². The molecule has 9 heavy (non-hydrogen) atoms. The highest BCUT2D eigenvalue weighted by Crippen LogP contribution is 1.73. The second-order valence-electron chi connectivity index (χ2n) is 2.79. The molecule has 1 radical (unpaired) electrons. The van der Waals surface area contributed by atoms with Crippen molar-refractivity contribution in [2.24, 2.45) is 0 Å². The SMILES string of the molecule is CC(C)N[B]NC(C)C. The standard InChI is InChI=1S/C6H16BN2/c1-5(2)8-7-9-6(3)4/h5-6,8-9H,1-4H3. The molecule has 0 atom stereocenters. The first kappa shape index (κ1) is 8.98. The Morgan fingerprint density at radius 3 is 1.44 bits per heavy atom. The summed E-state index contributed by atoms with van der Waals surface area (Å²) in [6.45, 7) is 8.44. The van der Waals surface area contributed by atoms with Crippen LogP contribution in [0.1, 0.15) is 27.7 Å². The summed E-state index contributed by atoms with van der Waals surface area (Å²) in [6.07, 6.45) is 0. The average Bonchev–Trinajstić information content (AvgIpc) is 1.63. The fourth-order valence-corrected chi connectivity index (χ4v) is 0.381. The molecule has 0 aliphatic carbocycles. The molecule has 3 heteroatoms. The van der Waals surface area contributed by atoms with E-state index in [1.165, 1.54) is 0 Å². The second-order valence-corrected chi connectivity index (χ2v) is 2.79. The van der Waals surface area contributed by atoms with Crippen molar-refractivity contribution in [2.45, 2.75) is 39.8 Å². The summed E-state index contributed by atoms with van der Waals surface area (Å²) in [6, 6.07) is 1.05. The molecule has 0 saturated heterocycles. The molecule has 0 bridgehead atoms. The van der Waals surface area contributed by atoms with Gasteiger partial charge in [0.25, 0.3) is 0 Å². The summed E-state index contributed by atoms with van der Waals surface area (Å²) < 4.78 is 0. The Labute approximate surface area is 58.7 Å². The summed E-state index contributed by atoms with van der Waals surface area (Å²) in [5.41, 5.74) is 0. The molecular formula is C6H16BN2. The molecule has 53 valence electrons. The molecule has 0 heterocycles. The zero-order valence-corrected chi connectivity index (χ0v) is 6.73. The quantitative estimate of drug-likeness (QED) is 0.538. The number of hydrogen-bond acceptors (Lipinski definition) is 2. The molecule has 0 rings (SSSR count). The van der Waals surface area contributed by atoms with Crippen LogP contribution in [0.3, 0.4) is 0 Å². The first-order valence-electron chi connectivity index (χ1n) is 3.46. The Balaban J connectivity index is 2.91. The van der Waals surface area contributed by atoms with Crippen LogP contribution in [-0.2, 0) is 0 Å². The molecule has 0 aliphatic rings. The Morgan fingerprint density at radius 1 is 0.889 bits per heavy atom. The van der Waals surface area contributed by atoms with E-state index in [1.54, 1.807) is 0 Å². The third kappa shape index (κ3) is 7.98. The monoisotopic (exact) mass is 127 g/mol. The van der Waals surface area contributed by atoms with Gasteiger partial charge in [-0.2, -0.15) is 0 Å². The molecule has 0 saturated carbocycles. The predicted octanol–water partition coefficient (Wildman–Crippen LogP) is 0.517. The predicted molar refractivity (Wildman–Crippen MR) is 42.3 cm³/mol. The third-order valence-corrected chi connectivity index (χ3v) is 0.833. The lowest BCUT2D eigenvalue weighted by Gasteiger charge is -2.09. The Kier molecular flexibility index (Phi) is 4.82. The minimum atomic E-state index is 0.524. The van der Waals surface area contributed by atoms with Crippen molar-refractivity contribution in [1.82, 2.24) is 10.5 Å². The van der Waals surface area contributed by atoms with Gasteiger partial charge in [-0.15, -0.1) is 0 Å². The minimum absolute atomic E-state index is 0.524. The molecule has 0 fully saturated rings. The lowest BCUT2D eigenvalue weighted by molar-refractivity contribution is 0.699. The van der Waals surface area contributed by atoms with Crippen molar-refractivity contribution in [3.05, 3.63) is 0 Å². The number of nitrogens with one attached hydrogen (secondary N) is 2. The van der Waals surface area contributed by atoms with Crippen LogP contribution in [-0.4, -0.2) is 19.6 Å². The fraction of sp³-hybridized carbons (Fsp3) is 1.00. The van der Waals surface area contributed by atoms with Crippen LogP contribution in [0, 0.1) is 0 Å². The van der Waals surface area contributed by atoms with Gasteiger partial charge in [0, 0.05) is 0 Å². The highest BCUT2D eigenvalue weighted by Gasteiger charge is 1.95. The van der Waals surface area contributed by atoms with E-state index >= 15 is 0 Å². The van der Waals surface area contributed by atoms with E-state index < -0.39 is 0 Å². The molecule has 0 aromatic rings. The first-order valence-corrected chi connectivity index (χ1v) is 3.46. The molecule has 0 aromatic heterocycles. The van der Waals surface area contributed by atoms with E-state index in [9.17, 15) is 0 Å². The normalized spacial score (nSPS) is 10.9. The zero-order chi connectivity index (χ0) is 7.28. The van der Waals surface area contributed by atoms with Crippen molar-refractivity contribution in [2.75, 3.05) is 0 Å². The van der Waals surface area contributed by atoms with Crippen LogP contribution >= 0.6 is 0 Å². The molecule has 0 spiro atoms. The molecule has 2 nitrogen and oxygen atoms in total. The number of hydrogen-bond donors (Lipinski definition) is 2. The Hall–Kier alpha value is -0.0151. The molecule has 0 aliphatic heterocycles. The lowest BCUT2D eigenvalue weighted by atomic mass is 10.1. The van der Waals surface area contributed by atoms with Crippen LogP contribution in [0.25, 0.3) is 0 Å². The summed E-state index contributed by atoms with van der Waals surface area (Å²) >= 11 is 0. The van der Waals surface area contributed by atoms with E-state index in [2.05, 4.69) is 38.2 Å². The van der Waals surface area contributed by atoms with Gasteiger partial charge in [-0.1, -0.05) is 27.7 Å². The lowest BCUT2D eigenvalue weighted by Crippen LogP contribution is -2.40. The Morgan fingerprint density at radius 2 is 1.22 bits per heavy atom.